The van der Waals surface area contributed by atoms with Crippen molar-refractivity contribution in [1.82, 2.24) is 5.32 Å². The first-order valence-electron chi connectivity index (χ1n) is 9.94. The Balaban J connectivity index is 0.00000240. The van der Waals surface area contributed by atoms with Crippen molar-refractivity contribution in [2.24, 2.45) is 0 Å². The highest BCUT2D eigenvalue weighted by Gasteiger charge is 2.05. The Kier molecular flexibility index (Phi) is 7.34. The van der Waals surface area contributed by atoms with Gasteiger partial charge in [0.15, 0.2) is 0 Å². The Morgan fingerprint density at radius 1 is 0.655 bits per heavy atom. The van der Waals surface area contributed by atoms with Gasteiger partial charge >= 0.3 is 0 Å². The van der Waals surface area contributed by atoms with Gasteiger partial charge in [-0.2, -0.15) is 0 Å². The first-order valence-corrected chi connectivity index (χ1v) is 9.94. The molecule has 0 heterocycles. The first kappa shape index (κ1) is 21.0. The molecular weight excluding hydrogens is 378 g/mol. The van der Waals surface area contributed by atoms with Gasteiger partial charge in [-0.25, -0.2) is 0 Å². The highest BCUT2D eigenvalue weighted by Crippen LogP contribution is 2.25. The van der Waals surface area contributed by atoms with Crippen molar-refractivity contribution in [1.29, 1.82) is 0 Å². The average molecular weight is 406 g/mol. The maximum absolute atomic E-state index is 3.56. The summed E-state index contributed by atoms with van der Waals surface area (Å²) in [5, 5.41) is 12.3. The largest absolute Gasteiger partial charge is 0.383 e. The normalized spacial score (nSPS) is 10.7. The number of halogens is 1. The lowest BCUT2D eigenvalue weighted by molar-refractivity contribution is 0.692. The number of benzene rings is 4. The van der Waals surface area contributed by atoms with Gasteiger partial charge in [0.1, 0.15) is 0 Å². The highest BCUT2D eigenvalue weighted by atomic mass is 35.5. The SMILES string of the molecule is CN(CCNCCNc1cccc2ccccc12)c1cccc2ccccc12.Cl. The van der Waals surface area contributed by atoms with E-state index in [0.29, 0.717) is 0 Å². The number of fused-ring (bicyclic) bond motifs is 2. The second-order valence-corrected chi connectivity index (χ2v) is 7.12. The minimum atomic E-state index is 0. The molecule has 29 heavy (non-hydrogen) atoms. The molecule has 0 fully saturated rings. The number of nitrogens with one attached hydrogen (secondary N) is 2. The Hall–Kier alpha value is -2.75. The third-order valence-corrected chi connectivity index (χ3v) is 5.21. The van der Waals surface area contributed by atoms with Crippen molar-refractivity contribution in [2.75, 3.05) is 43.4 Å². The molecule has 4 aromatic rings. The van der Waals surface area contributed by atoms with Crippen LogP contribution in [0.4, 0.5) is 11.4 Å². The standard InChI is InChI=1S/C25H27N3.ClH/c1-28(25-15-7-11-21-9-3-5-13-23(21)25)19-18-26-16-17-27-24-14-6-10-20-8-2-4-12-22(20)24;/h2-15,26-27H,16-19H2,1H3;1H. The summed E-state index contributed by atoms with van der Waals surface area (Å²) in [6, 6.07) is 30.0. The van der Waals surface area contributed by atoms with Gasteiger partial charge in [-0.1, -0.05) is 72.8 Å². The summed E-state index contributed by atoms with van der Waals surface area (Å²) in [7, 11) is 2.16. The van der Waals surface area contributed by atoms with E-state index < -0.39 is 0 Å². The highest BCUT2D eigenvalue weighted by molar-refractivity contribution is 5.94. The van der Waals surface area contributed by atoms with Crippen LogP contribution >= 0.6 is 12.4 Å². The minimum Gasteiger partial charge on any atom is -0.383 e. The van der Waals surface area contributed by atoms with E-state index in [1.165, 1.54) is 32.9 Å². The topological polar surface area (TPSA) is 27.3 Å². The summed E-state index contributed by atoms with van der Waals surface area (Å²) >= 11 is 0. The number of nitrogens with zero attached hydrogens (tertiary/aromatic N) is 1. The third kappa shape index (κ3) is 5.00. The van der Waals surface area contributed by atoms with Crippen LogP contribution in [0, 0.1) is 0 Å². The number of hydrogen-bond acceptors (Lipinski definition) is 3. The molecule has 0 spiro atoms. The van der Waals surface area contributed by atoms with Crippen molar-refractivity contribution in [3.05, 3.63) is 84.9 Å². The van der Waals surface area contributed by atoms with E-state index in [0.717, 1.165) is 26.2 Å². The van der Waals surface area contributed by atoms with Crippen molar-refractivity contribution in [2.45, 2.75) is 0 Å². The van der Waals surface area contributed by atoms with E-state index >= 15 is 0 Å². The van der Waals surface area contributed by atoms with Gasteiger partial charge in [-0.05, 0) is 22.9 Å². The molecule has 0 aromatic heterocycles. The average Bonchev–Trinajstić information content (AvgIpc) is 2.75. The van der Waals surface area contributed by atoms with Crippen LogP contribution < -0.4 is 15.5 Å². The maximum Gasteiger partial charge on any atom is 0.0443 e. The minimum absolute atomic E-state index is 0. The zero-order chi connectivity index (χ0) is 19.2. The molecule has 4 aromatic carbocycles. The van der Waals surface area contributed by atoms with Crippen molar-refractivity contribution >= 4 is 45.3 Å². The van der Waals surface area contributed by atoms with Crippen LogP contribution in [-0.2, 0) is 0 Å². The summed E-state index contributed by atoms with van der Waals surface area (Å²) in [5.41, 5.74) is 2.49. The molecule has 0 unspecified atom stereocenters. The third-order valence-electron chi connectivity index (χ3n) is 5.21. The predicted molar refractivity (Wildman–Crippen MR) is 130 cm³/mol. The number of likely N-dealkylation sites (N-methyl/N-ethyl adjacent to an activating group) is 1. The van der Waals surface area contributed by atoms with Gasteiger partial charge in [0.05, 0.1) is 0 Å². The van der Waals surface area contributed by atoms with Crippen LogP contribution in [0.15, 0.2) is 84.9 Å². The van der Waals surface area contributed by atoms with Crippen LogP contribution in [0.1, 0.15) is 0 Å². The molecule has 2 N–H and O–H groups in total. The van der Waals surface area contributed by atoms with E-state index in [-0.39, 0.29) is 12.4 Å². The molecule has 0 amide bonds. The van der Waals surface area contributed by atoms with Gasteiger partial charge in [0.2, 0.25) is 0 Å². The lowest BCUT2D eigenvalue weighted by atomic mass is 10.1. The zero-order valence-electron chi connectivity index (χ0n) is 16.8. The second-order valence-electron chi connectivity index (χ2n) is 7.12. The van der Waals surface area contributed by atoms with Crippen LogP contribution in [-0.4, -0.2) is 33.2 Å². The number of rotatable bonds is 8. The van der Waals surface area contributed by atoms with Crippen LogP contribution in [0.3, 0.4) is 0 Å². The number of anilines is 2. The van der Waals surface area contributed by atoms with Crippen LogP contribution in [0.25, 0.3) is 21.5 Å². The molecule has 0 aliphatic rings. The molecule has 0 aliphatic carbocycles. The molecule has 0 radical (unpaired) electrons. The summed E-state index contributed by atoms with van der Waals surface area (Å²) in [4.78, 5) is 2.33. The van der Waals surface area contributed by atoms with E-state index in [2.05, 4.69) is 108 Å². The van der Waals surface area contributed by atoms with Gasteiger partial charge < -0.3 is 15.5 Å². The zero-order valence-corrected chi connectivity index (χ0v) is 17.6. The fourth-order valence-electron chi connectivity index (χ4n) is 3.70. The molecule has 4 rings (SSSR count). The fraction of sp³-hybridized carbons (Fsp3) is 0.200. The van der Waals surface area contributed by atoms with Crippen LogP contribution in [0.5, 0.6) is 0 Å². The van der Waals surface area contributed by atoms with Crippen molar-refractivity contribution in [3.63, 3.8) is 0 Å². The number of hydrogen-bond donors (Lipinski definition) is 2. The van der Waals surface area contributed by atoms with E-state index in [1.807, 2.05) is 0 Å². The predicted octanol–water partition coefficient (Wildman–Crippen LogP) is 5.55. The lowest BCUT2D eigenvalue weighted by Gasteiger charge is -2.21. The monoisotopic (exact) mass is 405 g/mol. The lowest BCUT2D eigenvalue weighted by Crippen LogP contribution is -2.31. The van der Waals surface area contributed by atoms with Gasteiger partial charge in [0, 0.05) is 55.4 Å². The van der Waals surface area contributed by atoms with E-state index in [4.69, 9.17) is 0 Å². The van der Waals surface area contributed by atoms with Crippen molar-refractivity contribution < 1.29 is 0 Å². The Bertz CT molecular complexity index is 1050. The van der Waals surface area contributed by atoms with Gasteiger partial charge in [-0.3, -0.25) is 0 Å². The summed E-state index contributed by atoms with van der Waals surface area (Å²) in [6.45, 7) is 3.78. The Labute approximate surface area is 179 Å². The Morgan fingerprint density at radius 3 is 2.07 bits per heavy atom. The Morgan fingerprint density at radius 2 is 1.28 bits per heavy atom. The fourth-order valence-corrected chi connectivity index (χ4v) is 3.70. The molecule has 0 saturated heterocycles. The molecule has 4 heteroatoms. The molecule has 0 bridgehead atoms. The molecular formula is C25H28ClN3. The summed E-state index contributed by atoms with van der Waals surface area (Å²) in [5.74, 6) is 0. The van der Waals surface area contributed by atoms with Crippen LogP contribution in [0.2, 0.25) is 0 Å². The quantitative estimate of drug-likeness (QED) is 0.376. The summed E-state index contributed by atoms with van der Waals surface area (Å²) < 4.78 is 0. The molecule has 0 aliphatic heterocycles. The van der Waals surface area contributed by atoms with E-state index in [1.54, 1.807) is 0 Å². The van der Waals surface area contributed by atoms with Gasteiger partial charge in [0.25, 0.3) is 0 Å². The molecule has 150 valence electrons. The first-order chi connectivity index (χ1) is 13.8. The van der Waals surface area contributed by atoms with Gasteiger partial charge in [-0.15, -0.1) is 12.4 Å². The van der Waals surface area contributed by atoms with Crippen molar-refractivity contribution in [3.8, 4) is 0 Å². The molecule has 0 atom stereocenters. The second kappa shape index (κ2) is 10.1. The van der Waals surface area contributed by atoms with E-state index in [9.17, 15) is 0 Å². The summed E-state index contributed by atoms with van der Waals surface area (Å²) in [6.07, 6.45) is 0. The molecule has 0 saturated carbocycles. The maximum atomic E-state index is 3.56. The smallest absolute Gasteiger partial charge is 0.0443 e. The molecule has 3 nitrogen and oxygen atoms in total.